The first kappa shape index (κ1) is 19.8. The van der Waals surface area contributed by atoms with E-state index in [1.165, 1.54) is 6.08 Å². The van der Waals surface area contributed by atoms with Crippen LogP contribution in [0.3, 0.4) is 0 Å². The second-order valence-corrected chi connectivity index (χ2v) is 7.19. The van der Waals surface area contributed by atoms with E-state index in [1.54, 1.807) is 24.5 Å². The fraction of sp³-hybridized carbons (Fsp3) is 0.182. The zero-order valence-corrected chi connectivity index (χ0v) is 17.0. The van der Waals surface area contributed by atoms with Gasteiger partial charge in [0.25, 0.3) is 0 Å². The van der Waals surface area contributed by atoms with Crippen LogP contribution in [0.1, 0.15) is 5.56 Å². The molecule has 0 unspecified atom stereocenters. The molecule has 0 atom stereocenters. The predicted molar refractivity (Wildman–Crippen MR) is 120 cm³/mol. The number of piperazine rings is 1. The van der Waals surface area contributed by atoms with Crippen LogP contribution in [0, 0.1) is 0 Å². The third-order valence-corrected chi connectivity index (χ3v) is 5.11. The highest BCUT2D eigenvalue weighted by Gasteiger charge is 2.19. The number of benzene rings is 1. The smallest absolute Gasteiger partial charge is 0.248 e. The summed E-state index contributed by atoms with van der Waals surface area (Å²) in [6.07, 6.45) is 8.16. The number of carbonyl (C=O) groups is 1. The largest absolute Gasteiger partial charge is 0.353 e. The summed E-state index contributed by atoms with van der Waals surface area (Å²) < 4.78 is 0. The number of anilines is 3. The monoisotopic (exact) mass is 420 g/mol. The Kier molecular flexibility index (Phi) is 6.20. The normalized spacial score (nSPS) is 14.2. The molecule has 4 rings (SSSR count). The molecule has 1 aliphatic rings. The lowest BCUT2D eigenvalue weighted by atomic mass is 10.2. The number of nitrogens with one attached hydrogen (secondary N) is 1. The van der Waals surface area contributed by atoms with E-state index in [2.05, 4.69) is 30.1 Å². The van der Waals surface area contributed by atoms with Crippen molar-refractivity contribution in [1.82, 2.24) is 15.0 Å². The van der Waals surface area contributed by atoms with Gasteiger partial charge in [-0.1, -0.05) is 35.9 Å². The van der Waals surface area contributed by atoms with Crippen LogP contribution in [-0.2, 0) is 4.79 Å². The lowest BCUT2D eigenvalue weighted by molar-refractivity contribution is -0.111. The van der Waals surface area contributed by atoms with Crippen LogP contribution in [-0.4, -0.2) is 47.0 Å². The van der Waals surface area contributed by atoms with E-state index in [9.17, 15) is 4.79 Å². The maximum absolute atomic E-state index is 12.1. The number of carbonyl (C=O) groups excluding carboxylic acids is 1. The van der Waals surface area contributed by atoms with Crippen molar-refractivity contribution in [3.05, 3.63) is 77.7 Å². The number of rotatable bonds is 5. The molecule has 0 aliphatic carbocycles. The third-order valence-electron chi connectivity index (χ3n) is 4.76. The van der Waals surface area contributed by atoms with Crippen molar-refractivity contribution in [2.45, 2.75) is 0 Å². The highest BCUT2D eigenvalue weighted by molar-refractivity contribution is 6.32. The van der Waals surface area contributed by atoms with Gasteiger partial charge in [-0.3, -0.25) is 4.79 Å². The number of aromatic nitrogens is 3. The molecular formula is C22H21ClN6O. The molecule has 30 heavy (non-hydrogen) atoms. The van der Waals surface area contributed by atoms with E-state index in [1.807, 2.05) is 42.6 Å². The van der Waals surface area contributed by atoms with Gasteiger partial charge < -0.3 is 15.1 Å². The van der Waals surface area contributed by atoms with Crippen molar-refractivity contribution in [3.63, 3.8) is 0 Å². The number of amides is 1. The highest BCUT2D eigenvalue weighted by atomic mass is 35.5. The molecule has 1 fully saturated rings. The Morgan fingerprint density at radius 2 is 1.63 bits per heavy atom. The van der Waals surface area contributed by atoms with Crippen molar-refractivity contribution < 1.29 is 4.79 Å². The van der Waals surface area contributed by atoms with Gasteiger partial charge in [-0.15, -0.1) is 0 Å². The van der Waals surface area contributed by atoms with Gasteiger partial charge in [-0.25, -0.2) is 15.0 Å². The molecule has 7 nitrogen and oxygen atoms in total. The molecule has 1 N–H and O–H groups in total. The zero-order chi connectivity index (χ0) is 20.8. The van der Waals surface area contributed by atoms with Gasteiger partial charge in [0.05, 0.1) is 18.1 Å². The quantitative estimate of drug-likeness (QED) is 0.637. The molecule has 3 aromatic rings. The van der Waals surface area contributed by atoms with Gasteiger partial charge in [0.2, 0.25) is 11.9 Å². The summed E-state index contributed by atoms with van der Waals surface area (Å²) >= 11 is 6.09. The van der Waals surface area contributed by atoms with Crippen molar-refractivity contribution >= 4 is 41.0 Å². The first-order chi connectivity index (χ1) is 14.7. The number of hydrogen-bond donors (Lipinski definition) is 1. The van der Waals surface area contributed by atoms with Gasteiger partial charge in [0, 0.05) is 43.5 Å². The van der Waals surface area contributed by atoms with Gasteiger partial charge >= 0.3 is 0 Å². The molecule has 2 aromatic heterocycles. The predicted octanol–water partition coefficient (Wildman–Crippen LogP) is 3.50. The van der Waals surface area contributed by atoms with Crippen LogP contribution in [0.15, 0.2) is 67.1 Å². The van der Waals surface area contributed by atoms with Crippen LogP contribution < -0.4 is 15.1 Å². The average Bonchev–Trinajstić information content (AvgIpc) is 2.80. The molecule has 1 aliphatic heterocycles. The molecule has 0 saturated carbocycles. The van der Waals surface area contributed by atoms with Crippen LogP contribution in [0.5, 0.6) is 0 Å². The fourth-order valence-corrected chi connectivity index (χ4v) is 3.38. The summed E-state index contributed by atoms with van der Waals surface area (Å²) in [5, 5.41) is 3.36. The second-order valence-electron chi connectivity index (χ2n) is 6.78. The summed E-state index contributed by atoms with van der Waals surface area (Å²) in [6, 6.07) is 13.3. The van der Waals surface area contributed by atoms with Crippen LogP contribution in [0.4, 0.5) is 17.5 Å². The number of hydrogen-bond acceptors (Lipinski definition) is 6. The molecule has 1 saturated heterocycles. The molecule has 0 radical (unpaired) electrons. The summed E-state index contributed by atoms with van der Waals surface area (Å²) in [6.45, 7) is 3.32. The van der Waals surface area contributed by atoms with Crippen molar-refractivity contribution in [3.8, 4) is 0 Å². The van der Waals surface area contributed by atoms with E-state index in [4.69, 9.17) is 11.6 Å². The van der Waals surface area contributed by atoms with E-state index in [-0.39, 0.29) is 5.91 Å². The van der Waals surface area contributed by atoms with Crippen molar-refractivity contribution in [2.75, 3.05) is 41.3 Å². The Morgan fingerprint density at radius 3 is 2.33 bits per heavy atom. The van der Waals surface area contributed by atoms with Gasteiger partial charge in [-0.05, 0) is 29.8 Å². The lowest BCUT2D eigenvalue weighted by Crippen LogP contribution is -2.47. The molecule has 1 aromatic carbocycles. The molecule has 152 valence electrons. The lowest BCUT2D eigenvalue weighted by Gasteiger charge is -2.35. The maximum atomic E-state index is 12.1. The van der Waals surface area contributed by atoms with E-state index in [0.717, 1.165) is 37.6 Å². The Labute approximate surface area is 180 Å². The first-order valence-corrected chi connectivity index (χ1v) is 10.0. The second kappa shape index (κ2) is 9.37. The topological polar surface area (TPSA) is 74.2 Å². The maximum Gasteiger partial charge on any atom is 0.248 e. The van der Waals surface area contributed by atoms with Gasteiger partial charge in [-0.2, -0.15) is 0 Å². The minimum Gasteiger partial charge on any atom is -0.353 e. The third kappa shape index (κ3) is 4.93. The molecule has 3 heterocycles. The average molecular weight is 421 g/mol. The Balaban J connectivity index is 1.31. The summed E-state index contributed by atoms with van der Waals surface area (Å²) in [5.74, 6) is 1.37. The Hall–Kier alpha value is -3.45. The molecule has 1 amide bonds. The number of pyridine rings is 1. The minimum atomic E-state index is -0.268. The summed E-state index contributed by atoms with van der Waals surface area (Å²) in [5.41, 5.74) is 1.32. The van der Waals surface area contributed by atoms with Crippen LogP contribution >= 0.6 is 11.6 Å². The molecule has 0 bridgehead atoms. The Bertz CT molecular complexity index is 1020. The minimum absolute atomic E-state index is 0.268. The number of halogens is 1. The van der Waals surface area contributed by atoms with E-state index >= 15 is 0 Å². The van der Waals surface area contributed by atoms with Gasteiger partial charge in [0.15, 0.2) is 0 Å². The van der Waals surface area contributed by atoms with Crippen LogP contribution in [0.25, 0.3) is 6.08 Å². The zero-order valence-electron chi connectivity index (χ0n) is 16.3. The Morgan fingerprint density at radius 1 is 0.933 bits per heavy atom. The van der Waals surface area contributed by atoms with Gasteiger partial charge in [0.1, 0.15) is 5.82 Å². The fourth-order valence-electron chi connectivity index (χ4n) is 3.19. The first-order valence-electron chi connectivity index (χ1n) is 9.65. The SMILES string of the molecule is O=C(/C=C/c1ccccc1Cl)Nc1cnc(N2CCN(c3ccccn3)CC2)nc1. The van der Waals surface area contributed by atoms with Crippen molar-refractivity contribution in [2.24, 2.45) is 0 Å². The summed E-state index contributed by atoms with van der Waals surface area (Å²) in [4.78, 5) is 29.7. The summed E-state index contributed by atoms with van der Waals surface area (Å²) in [7, 11) is 0. The van der Waals surface area contributed by atoms with Crippen LogP contribution in [0.2, 0.25) is 5.02 Å². The van der Waals surface area contributed by atoms with E-state index < -0.39 is 0 Å². The molecule has 0 spiro atoms. The standard InChI is InChI=1S/C22H21ClN6O/c23-19-6-2-1-5-17(19)8-9-21(30)27-18-15-25-22(26-16-18)29-13-11-28(12-14-29)20-7-3-4-10-24-20/h1-10,15-16H,11-14H2,(H,27,30)/b9-8+. The molecular weight excluding hydrogens is 400 g/mol. The number of nitrogens with zero attached hydrogens (tertiary/aromatic N) is 5. The van der Waals surface area contributed by atoms with E-state index in [0.29, 0.717) is 16.7 Å². The van der Waals surface area contributed by atoms with Crippen molar-refractivity contribution in [1.29, 1.82) is 0 Å². The molecule has 8 heteroatoms. The highest BCUT2D eigenvalue weighted by Crippen LogP contribution is 2.18.